The number of sulfonamides is 1. The van der Waals surface area contributed by atoms with Gasteiger partial charge in [-0.3, -0.25) is 0 Å². The molecule has 6 rings (SSSR count). The van der Waals surface area contributed by atoms with E-state index >= 15 is 0 Å². The van der Waals surface area contributed by atoms with Crippen molar-refractivity contribution in [3.63, 3.8) is 0 Å². The third-order valence-corrected chi connectivity index (χ3v) is 14.6. The van der Waals surface area contributed by atoms with Crippen molar-refractivity contribution in [2.75, 3.05) is 13.2 Å². The van der Waals surface area contributed by atoms with Gasteiger partial charge in [-0.15, -0.1) is 0 Å². The van der Waals surface area contributed by atoms with Gasteiger partial charge in [0.15, 0.2) is 6.29 Å². The number of benzene rings is 5. The van der Waals surface area contributed by atoms with Gasteiger partial charge in [-0.25, -0.2) is 13.1 Å². The maximum atomic E-state index is 14.1. The Hall–Kier alpha value is -4.31. The van der Waals surface area contributed by atoms with Gasteiger partial charge in [-0.1, -0.05) is 223 Å². The minimum Gasteiger partial charge on any atom is -0.390 e. The number of aliphatic hydroxyl groups is 2. The highest BCUT2D eigenvalue weighted by Crippen LogP contribution is 2.32. The summed E-state index contributed by atoms with van der Waals surface area (Å²) in [6.07, 6.45) is 7.12. The topological polar surface area (TPSA) is 142 Å². The highest BCUT2D eigenvalue weighted by molar-refractivity contribution is 7.89. The molecule has 0 aromatic heterocycles. The van der Waals surface area contributed by atoms with Gasteiger partial charge in [0.25, 0.3) is 0 Å². The second-order valence-electron chi connectivity index (χ2n) is 18.9. The van der Waals surface area contributed by atoms with Crippen molar-refractivity contribution in [1.29, 1.82) is 0 Å². The molecule has 386 valence electrons. The van der Waals surface area contributed by atoms with E-state index in [0.29, 0.717) is 19.4 Å². The molecule has 1 fully saturated rings. The van der Waals surface area contributed by atoms with E-state index in [-0.39, 0.29) is 37.9 Å². The van der Waals surface area contributed by atoms with Crippen molar-refractivity contribution in [3.05, 3.63) is 173 Å². The van der Waals surface area contributed by atoms with Crippen molar-refractivity contribution < 1.29 is 47.1 Å². The second kappa shape index (κ2) is 31.3. The van der Waals surface area contributed by atoms with Crippen LogP contribution in [-0.4, -0.2) is 80.8 Å². The van der Waals surface area contributed by atoms with Gasteiger partial charge in [0.2, 0.25) is 10.0 Å². The summed E-state index contributed by atoms with van der Waals surface area (Å²) in [4.78, 5) is 0.0251. The van der Waals surface area contributed by atoms with Gasteiger partial charge in [-0.2, -0.15) is 0 Å². The number of unbranched alkanes of at least 4 members (excludes halogenated alkanes) is 11. The minimum absolute atomic E-state index is 0.0251. The summed E-state index contributed by atoms with van der Waals surface area (Å²) in [6.45, 7) is 4.78. The van der Waals surface area contributed by atoms with E-state index in [9.17, 15) is 18.6 Å². The molecule has 11 nitrogen and oxygen atoms in total. The van der Waals surface area contributed by atoms with E-state index in [1.54, 1.807) is 12.1 Å². The fourth-order valence-corrected chi connectivity index (χ4v) is 10.1. The molecule has 0 radical (unpaired) electrons. The molecule has 1 aliphatic heterocycles. The predicted octanol–water partition coefficient (Wildman–Crippen LogP) is 11.2. The first kappa shape index (κ1) is 56.0. The van der Waals surface area contributed by atoms with Crippen LogP contribution in [0.3, 0.4) is 0 Å². The number of aryl methyl sites for hydroxylation is 1. The lowest BCUT2D eigenvalue weighted by Crippen LogP contribution is -2.62. The van der Waals surface area contributed by atoms with Crippen LogP contribution in [0.5, 0.6) is 0 Å². The molecule has 8 atom stereocenters. The SMILES string of the molecule is CCCCCCCCCCCCCC[C@@H](O)[C@@H](O)[C@H](CO[C@H]1OC(COCc2ccccc2)[C@H](OCc2ccccc2)[C@@H](OCc2ccccc2)C1OCc1ccccc1)NS(=O)(=O)c1ccc(C)cc1. The van der Waals surface area contributed by atoms with Crippen molar-refractivity contribution >= 4 is 10.0 Å². The summed E-state index contributed by atoms with van der Waals surface area (Å²) in [7, 11) is -4.19. The Labute approximate surface area is 424 Å². The van der Waals surface area contributed by atoms with Crippen molar-refractivity contribution in [2.24, 2.45) is 0 Å². The van der Waals surface area contributed by atoms with Gasteiger partial charge in [-0.05, 0) is 47.7 Å². The summed E-state index contributed by atoms with van der Waals surface area (Å²) in [5.74, 6) is 0. The van der Waals surface area contributed by atoms with E-state index in [2.05, 4.69) is 11.6 Å². The number of rotatable bonds is 34. The van der Waals surface area contributed by atoms with E-state index in [1.807, 2.05) is 128 Å². The van der Waals surface area contributed by atoms with Crippen LogP contribution in [0, 0.1) is 6.92 Å². The van der Waals surface area contributed by atoms with Crippen LogP contribution >= 0.6 is 0 Å². The molecule has 5 aromatic rings. The van der Waals surface area contributed by atoms with Crippen molar-refractivity contribution in [2.45, 2.75) is 178 Å². The smallest absolute Gasteiger partial charge is 0.240 e. The highest BCUT2D eigenvalue weighted by Gasteiger charge is 2.49. The second-order valence-corrected chi connectivity index (χ2v) is 20.7. The quantitative estimate of drug-likeness (QED) is 0.0341. The maximum absolute atomic E-state index is 14.1. The van der Waals surface area contributed by atoms with Crippen LogP contribution in [0.25, 0.3) is 0 Å². The molecule has 12 heteroatoms. The first-order valence-electron chi connectivity index (χ1n) is 26.0. The fraction of sp³-hybridized carbons (Fsp3) is 0.492. The van der Waals surface area contributed by atoms with Crippen molar-refractivity contribution in [1.82, 2.24) is 4.72 Å². The lowest BCUT2D eigenvalue weighted by molar-refractivity contribution is -0.329. The molecule has 1 heterocycles. The highest BCUT2D eigenvalue weighted by atomic mass is 32.2. The lowest BCUT2D eigenvalue weighted by atomic mass is 9.97. The molecule has 71 heavy (non-hydrogen) atoms. The Balaban J connectivity index is 1.24. The standard InChI is InChI=1S/C59H79NO10S/c1-3-4-5-6-7-8-9-10-11-12-13-26-35-53(61)55(62)52(60-71(63,64)51-38-36-46(2)37-39-51)44-69-59-58(68-43-50-33-24-17-25-34-50)57(67-42-49-31-22-16-23-32-49)56(66-41-48-29-20-15-21-30-48)54(70-59)45-65-40-47-27-18-14-19-28-47/h14-25,27-34,36-39,52-62H,3-13,26,35,40-45H2,1-2H3/t52-,53+,54?,55-,56-,57+,58?,59-/m0/s1. The molecule has 3 N–H and O–H groups in total. The van der Waals surface area contributed by atoms with E-state index in [4.69, 9.17) is 28.4 Å². The maximum Gasteiger partial charge on any atom is 0.240 e. The first-order chi connectivity index (χ1) is 34.7. The summed E-state index contributed by atoms with van der Waals surface area (Å²) >= 11 is 0. The van der Waals surface area contributed by atoms with Gasteiger partial charge < -0.3 is 38.6 Å². The van der Waals surface area contributed by atoms with Gasteiger partial charge in [0, 0.05) is 0 Å². The minimum atomic E-state index is -4.19. The summed E-state index contributed by atoms with van der Waals surface area (Å²) in [6, 6.07) is 44.5. The first-order valence-corrected chi connectivity index (χ1v) is 27.5. The molecule has 2 unspecified atom stereocenters. The largest absolute Gasteiger partial charge is 0.390 e. The average molecular weight is 994 g/mol. The van der Waals surface area contributed by atoms with Crippen LogP contribution in [0.15, 0.2) is 150 Å². The van der Waals surface area contributed by atoms with Gasteiger partial charge in [0.1, 0.15) is 24.4 Å². The van der Waals surface area contributed by atoms with Gasteiger partial charge >= 0.3 is 0 Å². The number of hydrogen-bond acceptors (Lipinski definition) is 10. The third-order valence-electron chi connectivity index (χ3n) is 13.1. The van der Waals surface area contributed by atoms with Crippen LogP contribution in [0.1, 0.15) is 118 Å². The molecule has 1 aliphatic rings. The van der Waals surface area contributed by atoms with Crippen molar-refractivity contribution in [3.8, 4) is 0 Å². The van der Waals surface area contributed by atoms with Crippen LogP contribution in [0.2, 0.25) is 0 Å². The van der Waals surface area contributed by atoms with E-state index in [0.717, 1.165) is 47.1 Å². The molecular formula is C59H79NO10S. The lowest BCUT2D eigenvalue weighted by Gasteiger charge is -2.46. The Morgan fingerprint density at radius 3 is 1.46 bits per heavy atom. The third kappa shape index (κ3) is 19.6. The summed E-state index contributed by atoms with van der Waals surface area (Å²) in [5.41, 5.74) is 4.68. The molecule has 0 amide bonds. The monoisotopic (exact) mass is 994 g/mol. The Morgan fingerprint density at radius 1 is 0.535 bits per heavy atom. The molecule has 0 saturated carbocycles. The molecule has 0 bridgehead atoms. The van der Waals surface area contributed by atoms with E-state index < -0.39 is 59.0 Å². The van der Waals surface area contributed by atoms with Crippen LogP contribution in [0.4, 0.5) is 0 Å². The number of aliphatic hydroxyl groups excluding tert-OH is 2. The molecular weight excluding hydrogens is 915 g/mol. The van der Waals surface area contributed by atoms with Gasteiger partial charge in [0.05, 0.1) is 62.8 Å². The molecule has 5 aromatic carbocycles. The summed E-state index contributed by atoms with van der Waals surface area (Å²) < 4.78 is 71.2. The summed E-state index contributed by atoms with van der Waals surface area (Å²) in [5, 5.41) is 23.5. The zero-order valence-electron chi connectivity index (χ0n) is 42.0. The Kier molecular flexibility index (Phi) is 24.7. The Morgan fingerprint density at radius 2 is 0.972 bits per heavy atom. The fourth-order valence-electron chi connectivity index (χ4n) is 8.90. The molecule has 0 spiro atoms. The number of nitrogens with one attached hydrogen (secondary N) is 1. The zero-order valence-corrected chi connectivity index (χ0v) is 42.8. The van der Waals surface area contributed by atoms with Crippen LogP contribution in [-0.2, 0) is 64.9 Å². The molecule has 0 aliphatic carbocycles. The average Bonchev–Trinajstić information content (AvgIpc) is 3.39. The van der Waals surface area contributed by atoms with Crippen LogP contribution < -0.4 is 4.72 Å². The molecule has 1 saturated heterocycles. The predicted molar refractivity (Wildman–Crippen MR) is 279 cm³/mol. The normalized spacial score (nSPS) is 19.6. The van der Waals surface area contributed by atoms with E-state index in [1.165, 1.54) is 63.5 Å². The number of hydrogen-bond donors (Lipinski definition) is 3. The Bertz CT molecular complexity index is 2260. The number of ether oxygens (including phenoxy) is 6. The zero-order chi connectivity index (χ0) is 49.9.